The van der Waals surface area contributed by atoms with Crippen LogP contribution < -0.4 is 4.74 Å². The van der Waals surface area contributed by atoms with Crippen LogP contribution in [0.25, 0.3) is 33.6 Å². The molecule has 5 nitrogen and oxygen atoms in total. The van der Waals surface area contributed by atoms with Crippen LogP contribution in [0.5, 0.6) is 11.5 Å². The highest BCUT2D eigenvalue weighted by Crippen LogP contribution is 2.53. The monoisotopic (exact) mass is 494 g/mol. The maximum absolute atomic E-state index is 6.86. The molecule has 0 unspecified atom stereocenters. The lowest BCUT2D eigenvalue weighted by atomic mass is 9.74. The van der Waals surface area contributed by atoms with Gasteiger partial charge in [0.05, 0.1) is 12.7 Å². The number of benzene rings is 4. The van der Waals surface area contributed by atoms with Crippen LogP contribution in [0.15, 0.2) is 122 Å². The molecule has 0 bridgehead atoms. The van der Waals surface area contributed by atoms with Crippen molar-refractivity contribution in [3.8, 4) is 45.1 Å². The zero-order valence-corrected chi connectivity index (χ0v) is 21.2. The summed E-state index contributed by atoms with van der Waals surface area (Å²) >= 11 is 0. The van der Waals surface area contributed by atoms with Gasteiger partial charge in [-0.05, 0) is 35.4 Å². The topological polar surface area (TPSA) is 44.9 Å². The highest BCUT2D eigenvalue weighted by Gasteiger charge is 2.36. The fourth-order valence-corrected chi connectivity index (χ4v) is 5.43. The van der Waals surface area contributed by atoms with Gasteiger partial charge in [-0.2, -0.15) is 0 Å². The Morgan fingerprint density at radius 1 is 0.579 bits per heavy atom. The third-order valence-corrected chi connectivity index (χ3v) is 7.54. The van der Waals surface area contributed by atoms with Crippen molar-refractivity contribution in [1.29, 1.82) is 0 Å². The minimum Gasteiger partial charge on any atom is -0.455 e. The first-order chi connectivity index (χ1) is 18.6. The van der Waals surface area contributed by atoms with E-state index in [2.05, 4.69) is 109 Å². The quantitative estimate of drug-likeness (QED) is 0.251. The summed E-state index contributed by atoms with van der Waals surface area (Å²) in [6.07, 6.45) is 11.1. The molecule has 0 N–H and O–H groups in total. The molecule has 0 fully saturated rings. The molecular formula is C33H26N4O. The average molecular weight is 495 g/mol. The second-order valence-electron chi connectivity index (χ2n) is 10.1. The molecule has 0 saturated carbocycles. The van der Waals surface area contributed by atoms with E-state index in [0.29, 0.717) is 0 Å². The van der Waals surface area contributed by atoms with Gasteiger partial charge in [-0.1, -0.05) is 74.5 Å². The van der Waals surface area contributed by atoms with E-state index in [0.717, 1.165) is 45.1 Å². The van der Waals surface area contributed by atoms with E-state index in [-0.39, 0.29) is 5.41 Å². The molecule has 1 aliphatic rings. The number of hydrogen-bond donors (Lipinski definition) is 0. The van der Waals surface area contributed by atoms with E-state index in [9.17, 15) is 0 Å². The summed E-state index contributed by atoms with van der Waals surface area (Å²) in [5, 5.41) is 0. The fourth-order valence-electron chi connectivity index (χ4n) is 5.43. The molecule has 38 heavy (non-hydrogen) atoms. The van der Waals surface area contributed by atoms with E-state index in [1.54, 1.807) is 12.4 Å². The molecule has 7 rings (SSSR count). The van der Waals surface area contributed by atoms with Crippen LogP contribution in [0.2, 0.25) is 0 Å². The smallest absolute Gasteiger partial charge is 0.139 e. The first-order valence-electron chi connectivity index (χ1n) is 12.7. The Kier molecular flexibility index (Phi) is 5.05. The Morgan fingerprint density at radius 3 is 1.42 bits per heavy atom. The van der Waals surface area contributed by atoms with Crippen LogP contribution in [0.1, 0.15) is 25.0 Å². The van der Waals surface area contributed by atoms with Crippen LogP contribution >= 0.6 is 0 Å². The molecule has 0 aliphatic carbocycles. The lowest BCUT2D eigenvalue weighted by Gasteiger charge is -2.36. The maximum atomic E-state index is 6.86. The Labute approximate surface area is 221 Å². The van der Waals surface area contributed by atoms with Gasteiger partial charge in [0.2, 0.25) is 0 Å². The first kappa shape index (κ1) is 22.3. The van der Waals surface area contributed by atoms with Gasteiger partial charge in [0.25, 0.3) is 0 Å². The largest absolute Gasteiger partial charge is 0.455 e. The van der Waals surface area contributed by atoms with E-state index >= 15 is 0 Å². The minimum atomic E-state index is -0.220. The standard InChI is InChI=1S/C33H26N4O/c1-33(2)29-7-3-5-27(23-9-13-25(14-10-23)36-19-17-34-21-36)31(29)38-32-28(6-4-8-30(32)33)24-11-15-26(16-12-24)37-20-18-35-22-37/h3-22H,1-2H3. The molecule has 1 aliphatic heterocycles. The normalized spacial score (nSPS) is 13.4. The van der Waals surface area contributed by atoms with Crippen LogP contribution in [-0.4, -0.2) is 19.1 Å². The van der Waals surface area contributed by atoms with Crippen LogP contribution in [0.3, 0.4) is 0 Å². The van der Waals surface area contributed by atoms with E-state index in [1.807, 2.05) is 34.2 Å². The van der Waals surface area contributed by atoms with Crippen molar-refractivity contribution < 1.29 is 4.74 Å². The van der Waals surface area contributed by atoms with Crippen molar-refractivity contribution >= 4 is 0 Å². The molecule has 0 radical (unpaired) electrons. The van der Waals surface area contributed by atoms with Crippen molar-refractivity contribution in [2.45, 2.75) is 19.3 Å². The minimum absolute atomic E-state index is 0.220. The molecule has 0 spiro atoms. The molecule has 3 heterocycles. The summed E-state index contributed by atoms with van der Waals surface area (Å²) in [6.45, 7) is 4.57. The summed E-state index contributed by atoms with van der Waals surface area (Å²) in [6, 6.07) is 30.0. The summed E-state index contributed by atoms with van der Waals surface area (Å²) in [5.74, 6) is 1.84. The molecule has 2 aromatic heterocycles. The van der Waals surface area contributed by atoms with Crippen LogP contribution in [0.4, 0.5) is 0 Å². The highest BCUT2D eigenvalue weighted by molar-refractivity contribution is 5.81. The second-order valence-corrected chi connectivity index (χ2v) is 10.1. The van der Waals surface area contributed by atoms with Crippen molar-refractivity contribution in [2.75, 3.05) is 0 Å². The SMILES string of the molecule is CC1(C)c2cccc(-c3ccc(-n4ccnc4)cc3)c2Oc2c(-c3ccc(-n4ccnc4)cc3)cccc21. The van der Waals surface area contributed by atoms with E-state index < -0.39 is 0 Å². The number of imidazole rings is 2. The van der Waals surface area contributed by atoms with E-state index in [4.69, 9.17) is 4.74 Å². The van der Waals surface area contributed by atoms with Gasteiger partial charge < -0.3 is 13.9 Å². The van der Waals surface area contributed by atoms with Gasteiger partial charge in [0.1, 0.15) is 11.5 Å². The number of hydrogen-bond acceptors (Lipinski definition) is 3. The molecule has 0 atom stereocenters. The molecule has 4 aromatic carbocycles. The summed E-state index contributed by atoms with van der Waals surface area (Å²) in [7, 11) is 0. The molecular weight excluding hydrogens is 468 g/mol. The predicted molar refractivity (Wildman–Crippen MR) is 150 cm³/mol. The zero-order valence-electron chi connectivity index (χ0n) is 21.2. The lowest BCUT2D eigenvalue weighted by Crippen LogP contribution is -2.25. The first-order valence-corrected chi connectivity index (χ1v) is 12.7. The number of para-hydroxylation sites is 2. The highest BCUT2D eigenvalue weighted by atomic mass is 16.5. The maximum Gasteiger partial charge on any atom is 0.139 e. The van der Waals surface area contributed by atoms with Crippen LogP contribution in [0, 0.1) is 0 Å². The Hall–Kier alpha value is -4.90. The van der Waals surface area contributed by atoms with E-state index in [1.165, 1.54) is 11.1 Å². The van der Waals surface area contributed by atoms with Crippen LogP contribution in [-0.2, 0) is 5.41 Å². The Bertz CT molecular complexity index is 1600. The molecule has 0 amide bonds. The Balaban J connectivity index is 1.32. The lowest BCUT2D eigenvalue weighted by molar-refractivity contribution is 0.421. The second kappa shape index (κ2) is 8.60. The summed E-state index contributed by atoms with van der Waals surface area (Å²) in [4.78, 5) is 8.33. The van der Waals surface area contributed by atoms with Gasteiger partial charge in [0, 0.05) is 63.8 Å². The number of fused-ring (bicyclic) bond motifs is 2. The van der Waals surface area contributed by atoms with Gasteiger partial charge in [-0.15, -0.1) is 0 Å². The van der Waals surface area contributed by atoms with Gasteiger partial charge >= 0.3 is 0 Å². The van der Waals surface area contributed by atoms with Gasteiger partial charge in [-0.25, -0.2) is 9.97 Å². The number of rotatable bonds is 4. The number of nitrogens with zero attached hydrogens (tertiary/aromatic N) is 4. The summed E-state index contributed by atoms with van der Waals surface area (Å²) < 4.78 is 10.9. The molecule has 6 aromatic rings. The fraction of sp³-hybridized carbons (Fsp3) is 0.0909. The van der Waals surface area contributed by atoms with Crippen molar-refractivity contribution in [3.63, 3.8) is 0 Å². The Morgan fingerprint density at radius 2 is 1.03 bits per heavy atom. The number of aromatic nitrogens is 4. The third kappa shape index (κ3) is 3.55. The van der Waals surface area contributed by atoms with Gasteiger partial charge in [-0.3, -0.25) is 0 Å². The molecule has 184 valence electrons. The molecule has 5 heteroatoms. The number of ether oxygens (including phenoxy) is 1. The summed E-state index contributed by atoms with van der Waals surface area (Å²) in [5.41, 5.74) is 8.71. The average Bonchev–Trinajstić information content (AvgIpc) is 3.68. The third-order valence-electron chi connectivity index (χ3n) is 7.54. The molecule has 0 saturated heterocycles. The van der Waals surface area contributed by atoms with Crippen molar-refractivity contribution in [1.82, 2.24) is 19.1 Å². The van der Waals surface area contributed by atoms with Crippen molar-refractivity contribution in [3.05, 3.63) is 133 Å². The van der Waals surface area contributed by atoms with Crippen molar-refractivity contribution in [2.24, 2.45) is 0 Å². The van der Waals surface area contributed by atoms with Gasteiger partial charge in [0.15, 0.2) is 0 Å². The predicted octanol–water partition coefficient (Wildman–Crippen LogP) is 7.82. The zero-order chi connectivity index (χ0) is 25.7.